The highest BCUT2D eigenvalue weighted by atomic mass is 79.9. The molecule has 4 nitrogen and oxygen atoms in total. The number of benzene rings is 1. The highest BCUT2D eigenvalue weighted by molar-refractivity contribution is 9.10. The van der Waals surface area contributed by atoms with Crippen molar-refractivity contribution < 1.29 is 14.3 Å². The van der Waals surface area contributed by atoms with Gasteiger partial charge in [0.2, 0.25) is 0 Å². The number of anilines is 1. The van der Waals surface area contributed by atoms with Crippen LogP contribution in [-0.2, 0) is 9.59 Å². The molecular weight excluding hydrogens is 262 g/mol. The summed E-state index contributed by atoms with van der Waals surface area (Å²) in [7, 11) is 0. The molecule has 0 aromatic heterocycles. The minimum Gasteiger partial charge on any atom is -0.482 e. The van der Waals surface area contributed by atoms with Gasteiger partial charge in [-0.05, 0) is 18.2 Å². The number of hydrogen-bond donors (Lipinski definition) is 0. The summed E-state index contributed by atoms with van der Waals surface area (Å²) in [5.74, 6) is 0.419. The third kappa shape index (κ3) is 1.87. The van der Waals surface area contributed by atoms with Gasteiger partial charge in [-0.2, -0.15) is 0 Å². The molecule has 1 heterocycles. The summed E-state index contributed by atoms with van der Waals surface area (Å²) in [5.41, 5.74) is 0.640. The average molecular weight is 270 g/mol. The van der Waals surface area contributed by atoms with E-state index in [4.69, 9.17) is 4.74 Å². The lowest BCUT2D eigenvalue weighted by molar-refractivity contribution is -0.122. The quantitative estimate of drug-likeness (QED) is 0.762. The predicted octanol–water partition coefficient (Wildman–Crippen LogP) is 1.37. The van der Waals surface area contributed by atoms with Crippen LogP contribution < -0.4 is 9.64 Å². The fourth-order valence-corrected chi connectivity index (χ4v) is 1.79. The molecule has 0 N–H and O–H groups in total. The molecule has 1 amide bonds. The first kappa shape index (κ1) is 10.2. The maximum absolute atomic E-state index is 11.5. The summed E-state index contributed by atoms with van der Waals surface area (Å²) in [4.78, 5) is 23.3. The number of amides is 1. The monoisotopic (exact) mass is 269 g/mol. The molecule has 1 aliphatic rings. The van der Waals surface area contributed by atoms with Crippen LogP contribution in [0, 0.1) is 0 Å². The van der Waals surface area contributed by atoms with Crippen LogP contribution in [0.1, 0.15) is 0 Å². The third-order valence-corrected chi connectivity index (χ3v) is 2.62. The van der Waals surface area contributed by atoms with Crippen molar-refractivity contribution in [1.29, 1.82) is 0 Å². The third-order valence-electron chi connectivity index (χ3n) is 2.12. The van der Waals surface area contributed by atoms with Crippen molar-refractivity contribution in [3.05, 3.63) is 22.7 Å². The molecule has 1 aromatic carbocycles. The Balaban J connectivity index is 2.43. The van der Waals surface area contributed by atoms with Gasteiger partial charge in [-0.25, -0.2) is 0 Å². The Hall–Kier alpha value is -1.36. The maximum atomic E-state index is 11.5. The highest BCUT2D eigenvalue weighted by Gasteiger charge is 2.24. The fourth-order valence-electron chi connectivity index (χ4n) is 1.45. The zero-order valence-corrected chi connectivity index (χ0v) is 9.36. The van der Waals surface area contributed by atoms with Gasteiger partial charge in [0.15, 0.2) is 6.61 Å². The predicted molar refractivity (Wildman–Crippen MR) is 58.1 cm³/mol. The van der Waals surface area contributed by atoms with Crippen LogP contribution in [0.4, 0.5) is 5.69 Å². The first-order valence-corrected chi connectivity index (χ1v) is 5.18. The summed E-state index contributed by atoms with van der Waals surface area (Å²) in [6, 6.07) is 5.33. The average Bonchev–Trinajstić information content (AvgIpc) is 2.22. The topological polar surface area (TPSA) is 46.6 Å². The second-order valence-electron chi connectivity index (χ2n) is 3.07. The molecule has 0 spiro atoms. The Labute approximate surface area is 94.9 Å². The fraction of sp³-hybridized carbons (Fsp3) is 0.200. The number of ether oxygens (including phenoxy) is 1. The van der Waals surface area contributed by atoms with Crippen LogP contribution >= 0.6 is 15.9 Å². The van der Waals surface area contributed by atoms with Crippen LogP contribution in [0.2, 0.25) is 0 Å². The van der Waals surface area contributed by atoms with Crippen molar-refractivity contribution >= 4 is 33.8 Å². The van der Waals surface area contributed by atoms with Gasteiger partial charge in [0.1, 0.15) is 12.0 Å². The van der Waals surface area contributed by atoms with Crippen LogP contribution in [0.5, 0.6) is 5.75 Å². The maximum Gasteiger partial charge on any atom is 0.265 e. The number of carbonyl (C=O) groups excluding carboxylic acids is 2. The van der Waals surface area contributed by atoms with Gasteiger partial charge in [0.25, 0.3) is 5.91 Å². The SMILES string of the molecule is O=CCN1C(=O)COc2cc(Br)ccc21. The smallest absolute Gasteiger partial charge is 0.265 e. The van der Waals surface area contributed by atoms with Crippen molar-refractivity contribution in [2.45, 2.75) is 0 Å². The Kier molecular flexibility index (Phi) is 2.73. The zero-order chi connectivity index (χ0) is 10.8. The van der Waals surface area contributed by atoms with Crippen LogP contribution in [0.3, 0.4) is 0 Å². The molecule has 2 rings (SSSR count). The van der Waals surface area contributed by atoms with Crippen molar-refractivity contribution in [3.8, 4) is 5.75 Å². The van der Waals surface area contributed by atoms with E-state index in [0.717, 1.165) is 4.47 Å². The molecule has 78 valence electrons. The second-order valence-corrected chi connectivity index (χ2v) is 3.99. The standard InChI is InChI=1S/C10H8BrNO3/c11-7-1-2-8-9(5-7)15-6-10(14)12(8)3-4-13/h1-2,4-5H,3,6H2. The summed E-state index contributed by atoms with van der Waals surface area (Å²) < 4.78 is 6.13. The molecule has 0 saturated carbocycles. The lowest BCUT2D eigenvalue weighted by atomic mass is 10.2. The van der Waals surface area contributed by atoms with Crippen molar-refractivity contribution in [1.82, 2.24) is 0 Å². The van der Waals surface area contributed by atoms with E-state index < -0.39 is 0 Å². The molecule has 1 aliphatic heterocycles. The lowest BCUT2D eigenvalue weighted by Crippen LogP contribution is -2.39. The van der Waals surface area contributed by atoms with E-state index in [-0.39, 0.29) is 19.1 Å². The minimum atomic E-state index is -0.197. The summed E-state index contributed by atoms with van der Waals surface area (Å²) in [6.07, 6.45) is 0.703. The van der Waals surface area contributed by atoms with E-state index in [1.165, 1.54) is 4.90 Å². The Bertz CT molecular complexity index is 419. The van der Waals surface area contributed by atoms with E-state index in [2.05, 4.69) is 15.9 Å². The van der Waals surface area contributed by atoms with Crippen LogP contribution in [0.15, 0.2) is 22.7 Å². The van der Waals surface area contributed by atoms with Gasteiger partial charge < -0.3 is 9.53 Å². The minimum absolute atomic E-state index is 0.0166. The van der Waals surface area contributed by atoms with Gasteiger partial charge in [0.05, 0.1) is 12.2 Å². The number of aldehydes is 1. The molecule has 1 aromatic rings. The van der Waals surface area contributed by atoms with E-state index in [9.17, 15) is 9.59 Å². The van der Waals surface area contributed by atoms with Crippen LogP contribution in [0.25, 0.3) is 0 Å². The molecule has 0 aliphatic carbocycles. The first-order chi connectivity index (χ1) is 7.22. The molecule has 0 saturated heterocycles. The normalized spacial score (nSPS) is 14.5. The number of hydrogen-bond acceptors (Lipinski definition) is 3. The molecule has 5 heteroatoms. The molecule has 0 unspecified atom stereocenters. The summed E-state index contributed by atoms with van der Waals surface area (Å²) in [5, 5.41) is 0. The Morgan fingerprint density at radius 3 is 3.07 bits per heavy atom. The number of nitrogens with zero attached hydrogens (tertiary/aromatic N) is 1. The van der Waals surface area contributed by atoms with Gasteiger partial charge in [-0.3, -0.25) is 9.69 Å². The van der Waals surface area contributed by atoms with Gasteiger partial charge in [-0.1, -0.05) is 15.9 Å². The Morgan fingerprint density at radius 2 is 2.33 bits per heavy atom. The number of halogens is 1. The second kappa shape index (κ2) is 4.02. The van der Waals surface area contributed by atoms with Gasteiger partial charge >= 0.3 is 0 Å². The first-order valence-electron chi connectivity index (χ1n) is 4.38. The van der Waals surface area contributed by atoms with Crippen molar-refractivity contribution in [2.24, 2.45) is 0 Å². The molecule has 0 radical (unpaired) electrons. The molecule has 15 heavy (non-hydrogen) atoms. The molecule has 0 bridgehead atoms. The number of carbonyl (C=O) groups is 2. The zero-order valence-electron chi connectivity index (χ0n) is 7.77. The van der Waals surface area contributed by atoms with E-state index in [0.29, 0.717) is 17.7 Å². The highest BCUT2D eigenvalue weighted by Crippen LogP contribution is 2.33. The lowest BCUT2D eigenvalue weighted by Gasteiger charge is -2.27. The molecular formula is C10H8BrNO3. The summed E-state index contributed by atoms with van der Waals surface area (Å²) >= 11 is 3.31. The van der Waals surface area contributed by atoms with Crippen molar-refractivity contribution in [2.75, 3.05) is 18.1 Å². The van der Waals surface area contributed by atoms with E-state index in [1.54, 1.807) is 18.2 Å². The van der Waals surface area contributed by atoms with Gasteiger partial charge in [0, 0.05) is 4.47 Å². The van der Waals surface area contributed by atoms with E-state index in [1.807, 2.05) is 0 Å². The largest absolute Gasteiger partial charge is 0.482 e. The molecule has 0 atom stereocenters. The number of rotatable bonds is 2. The summed E-state index contributed by atoms with van der Waals surface area (Å²) in [6.45, 7) is 0.0497. The number of fused-ring (bicyclic) bond motifs is 1. The van der Waals surface area contributed by atoms with E-state index >= 15 is 0 Å². The van der Waals surface area contributed by atoms with Crippen molar-refractivity contribution in [3.63, 3.8) is 0 Å². The Morgan fingerprint density at radius 1 is 1.53 bits per heavy atom. The van der Waals surface area contributed by atoms with Crippen LogP contribution in [-0.4, -0.2) is 25.3 Å². The van der Waals surface area contributed by atoms with Gasteiger partial charge in [-0.15, -0.1) is 0 Å². The molecule has 0 fully saturated rings.